The van der Waals surface area contributed by atoms with Crippen molar-refractivity contribution < 1.29 is 4.79 Å². The fraction of sp³-hybridized carbons (Fsp3) is 0.316. The van der Waals surface area contributed by atoms with Crippen molar-refractivity contribution in [1.82, 2.24) is 20.0 Å². The lowest BCUT2D eigenvalue weighted by Crippen LogP contribution is -2.15. The van der Waals surface area contributed by atoms with Gasteiger partial charge in [0, 0.05) is 10.9 Å². The van der Waals surface area contributed by atoms with E-state index in [0.717, 1.165) is 29.9 Å². The molecule has 1 amide bonds. The van der Waals surface area contributed by atoms with Crippen molar-refractivity contribution in [2.24, 2.45) is 0 Å². The highest BCUT2D eigenvalue weighted by atomic mass is 35.5. The van der Waals surface area contributed by atoms with Gasteiger partial charge in [-0.2, -0.15) is 10.2 Å². The minimum atomic E-state index is -0.154. The van der Waals surface area contributed by atoms with E-state index in [1.807, 2.05) is 28.9 Å². The first kappa shape index (κ1) is 16.8. The molecule has 0 unspecified atom stereocenters. The lowest BCUT2D eigenvalue weighted by Gasteiger charge is -2.13. The second kappa shape index (κ2) is 6.61. The molecule has 0 radical (unpaired) electrons. The summed E-state index contributed by atoms with van der Waals surface area (Å²) in [5.74, 6) is 0.452. The number of H-pyrrole nitrogens is 1. The fourth-order valence-corrected chi connectivity index (χ4v) is 3.27. The first-order chi connectivity index (χ1) is 12.5. The molecule has 7 heteroatoms. The first-order valence-corrected chi connectivity index (χ1v) is 9.11. The number of carbonyl (C=O) groups is 1. The number of amides is 1. The molecule has 2 heterocycles. The van der Waals surface area contributed by atoms with Gasteiger partial charge >= 0.3 is 0 Å². The number of anilines is 1. The average molecular weight is 370 g/mol. The van der Waals surface area contributed by atoms with Crippen LogP contribution >= 0.6 is 11.6 Å². The molecule has 2 aromatic heterocycles. The largest absolute Gasteiger partial charge is 0.319 e. The average Bonchev–Trinajstić information content (AvgIpc) is 3.18. The Bertz CT molecular complexity index is 937. The summed E-state index contributed by atoms with van der Waals surface area (Å²) in [6.07, 6.45) is 5.50. The summed E-state index contributed by atoms with van der Waals surface area (Å²) in [5.41, 5.74) is 4.10. The Morgan fingerprint density at radius 2 is 2.00 bits per heavy atom. The molecule has 26 heavy (non-hydrogen) atoms. The van der Waals surface area contributed by atoms with Crippen LogP contribution in [0.25, 0.3) is 5.69 Å². The third kappa shape index (κ3) is 3.12. The normalized spacial score (nSPS) is 14.0. The van der Waals surface area contributed by atoms with Gasteiger partial charge in [0.15, 0.2) is 0 Å². The molecule has 3 aromatic rings. The molecule has 0 saturated heterocycles. The number of hydrogen-bond donors (Lipinski definition) is 2. The van der Waals surface area contributed by atoms with E-state index in [0.29, 0.717) is 22.2 Å². The minimum Gasteiger partial charge on any atom is -0.319 e. The van der Waals surface area contributed by atoms with E-state index < -0.39 is 0 Å². The predicted octanol–water partition coefficient (Wildman–Crippen LogP) is 4.50. The molecule has 134 valence electrons. The lowest BCUT2D eigenvalue weighted by molar-refractivity contribution is 0.102. The van der Waals surface area contributed by atoms with Crippen LogP contribution in [0.15, 0.2) is 36.7 Å². The maximum Gasteiger partial charge on any atom is 0.259 e. The predicted molar refractivity (Wildman–Crippen MR) is 101 cm³/mol. The van der Waals surface area contributed by atoms with Crippen LogP contribution in [0.5, 0.6) is 0 Å². The zero-order chi connectivity index (χ0) is 18.3. The highest BCUT2D eigenvalue weighted by Crippen LogP contribution is 2.40. The van der Waals surface area contributed by atoms with Gasteiger partial charge < -0.3 is 5.32 Å². The van der Waals surface area contributed by atoms with Crippen molar-refractivity contribution >= 4 is 23.2 Å². The summed E-state index contributed by atoms with van der Waals surface area (Å²) >= 11 is 5.98. The smallest absolute Gasteiger partial charge is 0.259 e. The third-order valence-corrected chi connectivity index (χ3v) is 4.82. The number of rotatable bonds is 5. The SMILES string of the molecule is CC(C)c1c(NC(=O)c2cn[nH]c2C2CC2)cnn1-c1ccc(Cl)cc1. The number of nitrogens with one attached hydrogen (secondary N) is 2. The number of halogens is 1. The first-order valence-electron chi connectivity index (χ1n) is 8.73. The van der Waals surface area contributed by atoms with Gasteiger partial charge in [0.1, 0.15) is 0 Å². The molecule has 1 aliphatic carbocycles. The Labute approximate surface area is 156 Å². The molecule has 2 N–H and O–H groups in total. The van der Waals surface area contributed by atoms with Crippen molar-refractivity contribution in [3.05, 3.63) is 58.6 Å². The number of nitrogens with zero attached hydrogens (tertiary/aromatic N) is 3. The summed E-state index contributed by atoms with van der Waals surface area (Å²) in [6, 6.07) is 7.48. The van der Waals surface area contributed by atoms with Crippen molar-refractivity contribution in [2.45, 2.75) is 38.5 Å². The maximum absolute atomic E-state index is 12.8. The Kier molecular flexibility index (Phi) is 4.28. The van der Waals surface area contributed by atoms with Gasteiger partial charge in [-0.25, -0.2) is 4.68 Å². The van der Waals surface area contributed by atoms with E-state index in [1.165, 1.54) is 0 Å². The quantitative estimate of drug-likeness (QED) is 0.695. The van der Waals surface area contributed by atoms with E-state index in [9.17, 15) is 4.79 Å². The van der Waals surface area contributed by atoms with Gasteiger partial charge in [-0.15, -0.1) is 0 Å². The van der Waals surface area contributed by atoms with Gasteiger partial charge in [-0.3, -0.25) is 9.89 Å². The summed E-state index contributed by atoms with van der Waals surface area (Å²) in [7, 11) is 0. The number of carbonyl (C=O) groups excluding carboxylic acids is 1. The molecule has 0 bridgehead atoms. The molecule has 1 aliphatic rings. The van der Waals surface area contributed by atoms with Crippen LogP contribution < -0.4 is 5.32 Å². The van der Waals surface area contributed by atoms with Gasteiger partial charge in [-0.05, 0) is 43.0 Å². The van der Waals surface area contributed by atoms with E-state index in [-0.39, 0.29) is 11.8 Å². The molecular formula is C19H20ClN5O. The van der Waals surface area contributed by atoms with Crippen LogP contribution in [0.2, 0.25) is 5.02 Å². The molecule has 1 saturated carbocycles. The van der Waals surface area contributed by atoms with Crippen LogP contribution in [0.3, 0.4) is 0 Å². The van der Waals surface area contributed by atoms with Crippen LogP contribution in [0, 0.1) is 0 Å². The van der Waals surface area contributed by atoms with Gasteiger partial charge in [0.25, 0.3) is 5.91 Å². The van der Waals surface area contributed by atoms with Gasteiger partial charge in [0.2, 0.25) is 0 Å². The zero-order valence-corrected chi connectivity index (χ0v) is 15.4. The van der Waals surface area contributed by atoms with E-state index >= 15 is 0 Å². The highest BCUT2D eigenvalue weighted by molar-refractivity contribution is 6.30. The molecule has 1 fully saturated rings. The van der Waals surface area contributed by atoms with E-state index in [1.54, 1.807) is 12.4 Å². The summed E-state index contributed by atoms with van der Waals surface area (Å²) in [5, 5.41) is 15.2. The van der Waals surface area contributed by atoms with Crippen molar-refractivity contribution in [2.75, 3.05) is 5.32 Å². The number of aromatic nitrogens is 4. The van der Waals surface area contributed by atoms with Crippen LogP contribution in [-0.2, 0) is 0 Å². The Balaban J connectivity index is 1.65. The molecule has 0 aliphatic heterocycles. The van der Waals surface area contributed by atoms with Gasteiger partial charge in [0.05, 0.1) is 40.7 Å². The minimum absolute atomic E-state index is 0.154. The molecule has 0 spiro atoms. The number of benzene rings is 1. The summed E-state index contributed by atoms with van der Waals surface area (Å²) in [4.78, 5) is 12.8. The molecular weight excluding hydrogens is 350 g/mol. The monoisotopic (exact) mass is 369 g/mol. The zero-order valence-electron chi connectivity index (χ0n) is 14.7. The van der Waals surface area contributed by atoms with E-state index in [4.69, 9.17) is 11.6 Å². The number of aromatic amines is 1. The topological polar surface area (TPSA) is 75.6 Å². The van der Waals surface area contributed by atoms with Crippen LogP contribution in [-0.4, -0.2) is 25.9 Å². The Morgan fingerprint density at radius 3 is 2.65 bits per heavy atom. The second-order valence-electron chi connectivity index (χ2n) is 6.91. The van der Waals surface area contributed by atoms with Gasteiger partial charge in [-0.1, -0.05) is 25.4 Å². The van der Waals surface area contributed by atoms with E-state index in [2.05, 4.69) is 34.5 Å². The maximum atomic E-state index is 12.8. The molecule has 6 nitrogen and oxygen atoms in total. The lowest BCUT2D eigenvalue weighted by atomic mass is 10.1. The Morgan fingerprint density at radius 1 is 1.27 bits per heavy atom. The molecule has 0 atom stereocenters. The van der Waals surface area contributed by atoms with Crippen molar-refractivity contribution in [1.29, 1.82) is 0 Å². The van der Waals surface area contributed by atoms with Crippen molar-refractivity contribution in [3.63, 3.8) is 0 Å². The second-order valence-corrected chi connectivity index (χ2v) is 7.35. The summed E-state index contributed by atoms with van der Waals surface area (Å²) in [6.45, 7) is 4.15. The molecule has 4 rings (SSSR count). The van der Waals surface area contributed by atoms with Crippen molar-refractivity contribution in [3.8, 4) is 5.69 Å². The highest BCUT2D eigenvalue weighted by Gasteiger charge is 2.30. The summed E-state index contributed by atoms with van der Waals surface area (Å²) < 4.78 is 1.84. The Hall–Kier alpha value is -2.60. The third-order valence-electron chi connectivity index (χ3n) is 4.57. The van der Waals surface area contributed by atoms with Crippen LogP contribution in [0.1, 0.15) is 60.3 Å². The fourth-order valence-electron chi connectivity index (χ4n) is 3.15. The number of hydrogen-bond acceptors (Lipinski definition) is 3. The standard InChI is InChI=1S/C19H20ClN5O/c1-11(2)18-16(10-22-25(18)14-7-5-13(20)6-8-14)23-19(26)15-9-21-24-17(15)12-3-4-12/h5-12H,3-4H2,1-2H3,(H,21,24)(H,23,26). The van der Waals surface area contributed by atoms with Crippen LogP contribution in [0.4, 0.5) is 5.69 Å². The molecule has 1 aromatic carbocycles.